The van der Waals surface area contributed by atoms with Crippen LogP contribution in [-0.2, 0) is 0 Å². The summed E-state index contributed by atoms with van der Waals surface area (Å²) in [4.78, 5) is 4.54. The second-order valence-electron chi connectivity index (χ2n) is 5.57. The number of phenols is 1. The van der Waals surface area contributed by atoms with E-state index in [-0.39, 0.29) is 5.92 Å². The van der Waals surface area contributed by atoms with Gasteiger partial charge in [-0.25, -0.2) is 4.98 Å². The van der Waals surface area contributed by atoms with E-state index in [1.807, 2.05) is 48.5 Å². The lowest BCUT2D eigenvalue weighted by molar-refractivity contribution is 0.465. The lowest BCUT2D eigenvalue weighted by atomic mass is 10.00. The van der Waals surface area contributed by atoms with E-state index in [4.69, 9.17) is 0 Å². The standard InChI is InChI=1S/C20H17NO/c1-14(2)18-13-15(8-12-20(18)22)7-10-17-11-9-16-5-3-4-6-19(16)21-17/h3-6,8-9,11-14,22H,1-2H3. The van der Waals surface area contributed by atoms with Crippen molar-refractivity contribution in [2.45, 2.75) is 19.8 Å². The topological polar surface area (TPSA) is 33.1 Å². The molecule has 0 bridgehead atoms. The number of hydrogen-bond acceptors (Lipinski definition) is 2. The molecular formula is C20H17NO. The normalized spacial score (nSPS) is 10.5. The fourth-order valence-electron chi connectivity index (χ4n) is 2.37. The molecule has 0 unspecified atom stereocenters. The molecule has 0 aliphatic heterocycles. The van der Waals surface area contributed by atoms with Crippen LogP contribution in [0.15, 0.2) is 54.6 Å². The van der Waals surface area contributed by atoms with Crippen LogP contribution in [0.4, 0.5) is 0 Å². The van der Waals surface area contributed by atoms with E-state index in [0.29, 0.717) is 5.75 Å². The van der Waals surface area contributed by atoms with Gasteiger partial charge in [-0.05, 0) is 47.7 Å². The van der Waals surface area contributed by atoms with Gasteiger partial charge in [0.15, 0.2) is 0 Å². The van der Waals surface area contributed by atoms with Crippen LogP contribution in [-0.4, -0.2) is 10.1 Å². The van der Waals surface area contributed by atoms with Crippen molar-refractivity contribution < 1.29 is 5.11 Å². The Bertz CT molecular complexity index is 885. The third kappa shape index (κ3) is 2.94. The minimum absolute atomic E-state index is 0.264. The Morgan fingerprint density at radius 3 is 2.59 bits per heavy atom. The van der Waals surface area contributed by atoms with E-state index < -0.39 is 0 Å². The predicted molar refractivity (Wildman–Crippen MR) is 89.9 cm³/mol. The van der Waals surface area contributed by atoms with Crippen molar-refractivity contribution >= 4 is 10.9 Å². The molecule has 3 rings (SSSR count). The van der Waals surface area contributed by atoms with Crippen LogP contribution in [0.25, 0.3) is 10.9 Å². The summed E-state index contributed by atoms with van der Waals surface area (Å²) in [5, 5.41) is 11.0. The molecule has 0 radical (unpaired) electrons. The van der Waals surface area contributed by atoms with Gasteiger partial charge < -0.3 is 5.11 Å². The lowest BCUT2D eigenvalue weighted by Gasteiger charge is -2.08. The summed E-state index contributed by atoms with van der Waals surface area (Å²) >= 11 is 0. The van der Waals surface area contributed by atoms with E-state index in [1.54, 1.807) is 6.07 Å². The van der Waals surface area contributed by atoms with Crippen LogP contribution in [0.2, 0.25) is 0 Å². The summed E-state index contributed by atoms with van der Waals surface area (Å²) in [5.74, 6) is 6.81. The number of aromatic nitrogens is 1. The SMILES string of the molecule is CC(C)c1cc(C#Cc2ccc3ccccc3n2)ccc1O. The first kappa shape index (κ1) is 14.2. The van der Waals surface area contributed by atoms with E-state index >= 15 is 0 Å². The van der Waals surface area contributed by atoms with Crippen molar-refractivity contribution in [1.29, 1.82) is 0 Å². The predicted octanol–water partition coefficient (Wildman–Crippen LogP) is 4.46. The number of hydrogen-bond donors (Lipinski definition) is 1. The Hall–Kier alpha value is -2.79. The van der Waals surface area contributed by atoms with E-state index in [1.165, 1.54) is 0 Å². The Kier molecular flexibility index (Phi) is 3.80. The molecule has 0 aliphatic rings. The monoisotopic (exact) mass is 287 g/mol. The fraction of sp³-hybridized carbons (Fsp3) is 0.150. The molecule has 108 valence electrons. The molecule has 2 aromatic carbocycles. The molecule has 0 saturated heterocycles. The third-order valence-corrected chi connectivity index (χ3v) is 3.58. The van der Waals surface area contributed by atoms with Crippen molar-refractivity contribution in [3.05, 3.63) is 71.4 Å². The van der Waals surface area contributed by atoms with Gasteiger partial charge in [0.25, 0.3) is 0 Å². The number of benzene rings is 2. The summed E-state index contributed by atoms with van der Waals surface area (Å²) in [7, 11) is 0. The second-order valence-corrected chi connectivity index (χ2v) is 5.57. The first-order chi connectivity index (χ1) is 10.6. The molecule has 1 heterocycles. The zero-order chi connectivity index (χ0) is 15.5. The molecule has 22 heavy (non-hydrogen) atoms. The lowest BCUT2D eigenvalue weighted by Crippen LogP contribution is -1.89. The van der Waals surface area contributed by atoms with Gasteiger partial charge in [-0.1, -0.05) is 44.0 Å². The quantitative estimate of drug-likeness (QED) is 0.670. The third-order valence-electron chi connectivity index (χ3n) is 3.58. The molecule has 2 nitrogen and oxygen atoms in total. The number of pyridine rings is 1. The van der Waals surface area contributed by atoms with Crippen LogP contribution >= 0.6 is 0 Å². The molecule has 0 atom stereocenters. The van der Waals surface area contributed by atoms with Crippen LogP contribution in [0.3, 0.4) is 0 Å². The highest BCUT2D eigenvalue weighted by Crippen LogP contribution is 2.25. The second kappa shape index (κ2) is 5.91. The maximum absolute atomic E-state index is 9.85. The smallest absolute Gasteiger partial charge is 0.119 e. The van der Waals surface area contributed by atoms with Gasteiger partial charge in [-0.3, -0.25) is 0 Å². The highest BCUT2D eigenvalue weighted by Gasteiger charge is 2.05. The Morgan fingerprint density at radius 2 is 1.77 bits per heavy atom. The molecule has 0 aliphatic carbocycles. The van der Waals surface area contributed by atoms with E-state index in [0.717, 1.165) is 27.7 Å². The average molecular weight is 287 g/mol. The minimum Gasteiger partial charge on any atom is -0.508 e. The molecule has 0 fully saturated rings. The summed E-state index contributed by atoms with van der Waals surface area (Å²) in [6.45, 7) is 4.11. The minimum atomic E-state index is 0.264. The molecule has 0 saturated carbocycles. The summed E-state index contributed by atoms with van der Waals surface area (Å²) in [6, 6.07) is 17.4. The van der Waals surface area contributed by atoms with Crippen LogP contribution < -0.4 is 0 Å². The molecule has 0 amide bonds. The van der Waals surface area contributed by atoms with Gasteiger partial charge in [-0.2, -0.15) is 0 Å². The summed E-state index contributed by atoms with van der Waals surface area (Å²) in [6.07, 6.45) is 0. The maximum atomic E-state index is 9.85. The average Bonchev–Trinajstić information content (AvgIpc) is 2.53. The van der Waals surface area contributed by atoms with Crippen LogP contribution in [0, 0.1) is 11.8 Å². The van der Waals surface area contributed by atoms with Gasteiger partial charge >= 0.3 is 0 Å². The maximum Gasteiger partial charge on any atom is 0.119 e. The summed E-state index contributed by atoms with van der Waals surface area (Å²) in [5.41, 5.74) is 3.50. The van der Waals surface area contributed by atoms with Gasteiger partial charge in [0.2, 0.25) is 0 Å². The first-order valence-electron chi connectivity index (χ1n) is 7.34. The van der Waals surface area contributed by atoms with Gasteiger partial charge in [0.1, 0.15) is 11.4 Å². The largest absolute Gasteiger partial charge is 0.508 e. The zero-order valence-corrected chi connectivity index (χ0v) is 12.7. The van der Waals surface area contributed by atoms with E-state index in [9.17, 15) is 5.11 Å². The molecule has 3 aromatic rings. The first-order valence-corrected chi connectivity index (χ1v) is 7.34. The number of rotatable bonds is 1. The van der Waals surface area contributed by atoms with Crippen molar-refractivity contribution in [1.82, 2.24) is 4.98 Å². The number of fused-ring (bicyclic) bond motifs is 1. The van der Waals surface area contributed by atoms with Crippen molar-refractivity contribution in [3.8, 4) is 17.6 Å². The van der Waals surface area contributed by atoms with Gasteiger partial charge in [0, 0.05) is 10.9 Å². The highest BCUT2D eigenvalue weighted by atomic mass is 16.3. The highest BCUT2D eigenvalue weighted by molar-refractivity contribution is 5.78. The number of nitrogens with zero attached hydrogens (tertiary/aromatic N) is 1. The van der Waals surface area contributed by atoms with Crippen LogP contribution in [0.5, 0.6) is 5.75 Å². The number of para-hydroxylation sites is 1. The molecule has 0 spiro atoms. The zero-order valence-electron chi connectivity index (χ0n) is 12.7. The van der Waals surface area contributed by atoms with Crippen molar-refractivity contribution in [2.75, 3.05) is 0 Å². The van der Waals surface area contributed by atoms with Crippen LogP contribution in [0.1, 0.15) is 36.6 Å². The van der Waals surface area contributed by atoms with Gasteiger partial charge in [0.05, 0.1) is 5.52 Å². The van der Waals surface area contributed by atoms with Crippen molar-refractivity contribution in [3.63, 3.8) is 0 Å². The van der Waals surface area contributed by atoms with Gasteiger partial charge in [-0.15, -0.1) is 0 Å². The van der Waals surface area contributed by atoms with Crippen molar-refractivity contribution in [2.24, 2.45) is 0 Å². The Balaban J connectivity index is 1.95. The number of aromatic hydroxyl groups is 1. The molecule has 1 N–H and O–H groups in total. The van der Waals surface area contributed by atoms with E-state index in [2.05, 4.69) is 30.7 Å². The molecule has 2 heteroatoms. The summed E-state index contributed by atoms with van der Waals surface area (Å²) < 4.78 is 0. The molecular weight excluding hydrogens is 270 g/mol. The Labute approximate surface area is 130 Å². The fourth-order valence-corrected chi connectivity index (χ4v) is 2.37. The number of phenolic OH excluding ortho intramolecular Hbond substituents is 1. The molecule has 1 aromatic heterocycles. The Morgan fingerprint density at radius 1 is 0.955 bits per heavy atom.